The topological polar surface area (TPSA) is 57.2 Å². The molecule has 0 N–H and O–H groups in total. The Kier molecular flexibility index (Phi) is 3.65. The molecule has 0 bridgehead atoms. The summed E-state index contributed by atoms with van der Waals surface area (Å²) in [4.78, 5) is 0. The number of benzene rings is 1. The molecule has 0 aliphatic carbocycles. The summed E-state index contributed by atoms with van der Waals surface area (Å²) < 4.78 is 21.8. The molecule has 0 heterocycles. The molecule has 0 saturated heterocycles. The molecule has 0 aliphatic heterocycles. The lowest BCUT2D eigenvalue weighted by Gasteiger charge is -2.14. The number of hydrogen-bond donors (Lipinski definition) is 0. The van der Waals surface area contributed by atoms with Gasteiger partial charge in [-0.2, -0.15) is 0 Å². The van der Waals surface area contributed by atoms with Crippen molar-refractivity contribution in [2.75, 3.05) is 6.26 Å². The van der Waals surface area contributed by atoms with Crippen LogP contribution in [0.4, 0.5) is 0 Å². The Morgan fingerprint density at radius 3 is 2.20 bits per heavy atom. The van der Waals surface area contributed by atoms with Gasteiger partial charge in [0.25, 0.3) is 0 Å². The van der Waals surface area contributed by atoms with Gasteiger partial charge >= 0.3 is 0 Å². The summed E-state index contributed by atoms with van der Waals surface area (Å²) >= 11 is 11.5. The lowest BCUT2D eigenvalue weighted by molar-refractivity contribution is -0.243. The summed E-state index contributed by atoms with van der Waals surface area (Å²) in [5.74, 6) is -0.715. The van der Waals surface area contributed by atoms with Crippen LogP contribution in [0.1, 0.15) is 5.56 Å². The van der Waals surface area contributed by atoms with Crippen LogP contribution in [0.15, 0.2) is 23.6 Å². The Hall–Kier alpha value is -0.710. The van der Waals surface area contributed by atoms with Crippen molar-refractivity contribution in [3.05, 3.63) is 39.2 Å². The molecule has 0 aliphatic rings. The SMILES string of the molecule is CS(=O)(=O)/C=C(\[O-])c1c(Cl)cccc1Cl. The maximum Gasteiger partial charge on any atom is 0.168 e. The van der Waals surface area contributed by atoms with Gasteiger partial charge in [0.15, 0.2) is 9.84 Å². The normalized spacial score (nSPS) is 12.9. The van der Waals surface area contributed by atoms with Crippen LogP contribution >= 0.6 is 23.2 Å². The fourth-order valence-corrected chi connectivity index (χ4v) is 2.08. The smallest absolute Gasteiger partial charge is 0.168 e. The molecule has 0 spiro atoms. The zero-order chi connectivity index (χ0) is 11.6. The third-order valence-electron chi connectivity index (χ3n) is 1.53. The van der Waals surface area contributed by atoms with Crippen molar-refractivity contribution < 1.29 is 13.5 Å². The van der Waals surface area contributed by atoms with E-state index in [-0.39, 0.29) is 15.6 Å². The van der Waals surface area contributed by atoms with Gasteiger partial charge in [-0.05, 0) is 12.1 Å². The van der Waals surface area contributed by atoms with Crippen LogP contribution < -0.4 is 5.11 Å². The standard InChI is InChI=1S/C9H8Cl2O3S/c1-15(13,14)5-8(12)9-6(10)3-2-4-7(9)11/h2-5,12H,1H3/p-1/b8-5-. The molecule has 0 saturated carbocycles. The van der Waals surface area contributed by atoms with Crippen molar-refractivity contribution in [3.8, 4) is 0 Å². The molecule has 0 radical (unpaired) electrons. The van der Waals surface area contributed by atoms with E-state index in [0.717, 1.165) is 6.26 Å². The maximum absolute atomic E-state index is 11.5. The zero-order valence-corrected chi connectivity index (χ0v) is 10.0. The first kappa shape index (κ1) is 12.4. The van der Waals surface area contributed by atoms with Crippen molar-refractivity contribution >= 4 is 38.8 Å². The van der Waals surface area contributed by atoms with Gasteiger partial charge < -0.3 is 5.11 Å². The minimum Gasteiger partial charge on any atom is -0.872 e. The predicted octanol–water partition coefficient (Wildman–Crippen LogP) is 1.70. The van der Waals surface area contributed by atoms with Crippen LogP contribution in [0.5, 0.6) is 0 Å². The van der Waals surface area contributed by atoms with E-state index < -0.39 is 15.6 Å². The Bertz CT molecular complexity index is 486. The van der Waals surface area contributed by atoms with Crippen LogP contribution in [0.3, 0.4) is 0 Å². The molecule has 1 aromatic rings. The van der Waals surface area contributed by atoms with Gasteiger partial charge in [-0.3, -0.25) is 0 Å². The second-order valence-electron chi connectivity index (χ2n) is 2.91. The molecule has 6 heteroatoms. The molecule has 0 unspecified atom stereocenters. The van der Waals surface area contributed by atoms with Gasteiger partial charge in [0.2, 0.25) is 0 Å². The Morgan fingerprint density at radius 2 is 1.80 bits per heavy atom. The van der Waals surface area contributed by atoms with E-state index in [2.05, 4.69) is 0 Å². The fraction of sp³-hybridized carbons (Fsp3) is 0.111. The van der Waals surface area contributed by atoms with E-state index in [0.29, 0.717) is 5.41 Å². The summed E-state index contributed by atoms with van der Waals surface area (Å²) in [7, 11) is -3.50. The lowest BCUT2D eigenvalue weighted by atomic mass is 10.2. The third-order valence-corrected chi connectivity index (χ3v) is 2.80. The van der Waals surface area contributed by atoms with Gasteiger partial charge in [0, 0.05) is 27.3 Å². The Labute approximate surface area is 97.9 Å². The monoisotopic (exact) mass is 265 g/mol. The van der Waals surface area contributed by atoms with Crippen LogP contribution in [-0.4, -0.2) is 14.7 Å². The molecule has 0 amide bonds. The number of halogens is 2. The third kappa shape index (κ3) is 3.41. The van der Waals surface area contributed by atoms with E-state index in [1.54, 1.807) is 6.07 Å². The van der Waals surface area contributed by atoms with E-state index in [4.69, 9.17) is 23.2 Å². The van der Waals surface area contributed by atoms with Crippen LogP contribution in [0, 0.1) is 0 Å². The van der Waals surface area contributed by atoms with Crippen molar-refractivity contribution in [3.63, 3.8) is 0 Å². The van der Waals surface area contributed by atoms with Gasteiger partial charge in [-0.25, -0.2) is 8.42 Å². The highest BCUT2D eigenvalue weighted by Gasteiger charge is 2.05. The molecule has 15 heavy (non-hydrogen) atoms. The summed E-state index contributed by atoms with van der Waals surface area (Å²) in [5, 5.41) is 12.4. The number of sulfone groups is 1. The molecule has 0 aromatic heterocycles. The highest BCUT2D eigenvalue weighted by molar-refractivity contribution is 7.93. The van der Waals surface area contributed by atoms with Gasteiger partial charge in [-0.1, -0.05) is 35.0 Å². The van der Waals surface area contributed by atoms with Gasteiger partial charge in [0.05, 0.1) is 0 Å². The highest BCUT2D eigenvalue weighted by Crippen LogP contribution is 2.28. The number of hydrogen-bond acceptors (Lipinski definition) is 3. The molecule has 3 nitrogen and oxygen atoms in total. The summed E-state index contributed by atoms with van der Waals surface area (Å²) in [5.41, 5.74) is 0.00579. The average molecular weight is 266 g/mol. The Morgan fingerprint density at radius 1 is 1.33 bits per heavy atom. The average Bonchev–Trinajstić information content (AvgIpc) is 1.99. The summed E-state index contributed by atoms with van der Waals surface area (Å²) in [6.45, 7) is 0. The van der Waals surface area contributed by atoms with Crippen molar-refractivity contribution in [1.29, 1.82) is 0 Å². The van der Waals surface area contributed by atoms with Gasteiger partial charge in [0.1, 0.15) is 0 Å². The van der Waals surface area contributed by atoms with Crippen LogP contribution in [0.25, 0.3) is 5.76 Å². The van der Waals surface area contributed by atoms with E-state index in [9.17, 15) is 13.5 Å². The second kappa shape index (κ2) is 4.43. The molecule has 1 aromatic carbocycles. The first-order chi connectivity index (χ1) is 6.81. The predicted molar refractivity (Wildman–Crippen MR) is 59.3 cm³/mol. The summed E-state index contributed by atoms with van der Waals surface area (Å²) in [6, 6.07) is 4.51. The van der Waals surface area contributed by atoms with Crippen molar-refractivity contribution in [2.45, 2.75) is 0 Å². The largest absolute Gasteiger partial charge is 0.872 e. The minimum absolute atomic E-state index is 0.00579. The first-order valence-electron chi connectivity index (χ1n) is 3.84. The first-order valence-corrected chi connectivity index (χ1v) is 6.55. The van der Waals surface area contributed by atoms with Crippen LogP contribution in [0.2, 0.25) is 10.0 Å². The van der Waals surface area contributed by atoms with E-state index in [1.165, 1.54) is 12.1 Å². The molecular weight excluding hydrogens is 259 g/mol. The zero-order valence-electron chi connectivity index (χ0n) is 7.70. The molecule has 1 rings (SSSR count). The van der Waals surface area contributed by atoms with Crippen molar-refractivity contribution in [1.82, 2.24) is 0 Å². The molecule has 82 valence electrons. The molecule has 0 fully saturated rings. The Balaban J connectivity index is 3.35. The quantitative estimate of drug-likeness (QED) is 0.765. The van der Waals surface area contributed by atoms with Gasteiger partial charge in [-0.15, -0.1) is 0 Å². The minimum atomic E-state index is -3.50. The van der Waals surface area contributed by atoms with E-state index >= 15 is 0 Å². The number of rotatable bonds is 2. The molecule has 0 atom stereocenters. The highest BCUT2D eigenvalue weighted by atomic mass is 35.5. The molecular formula is C9H7Cl2O3S-. The van der Waals surface area contributed by atoms with Crippen LogP contribution in [-0.2, 0) is 9.84 Å². The maximum atomic E-state index is 11.5. The summed E-state index contributed by atoms with van der Waals surface area (Å²) in [6.07, 6.45) is 0.926. The fourth-order valence-electron chi connectivity index (χ4n) is 0.987. The van der Waals surface area contributed by atoms with Crippen molar-refractivity contribution in [2.24, 2.45) is 0 Å². The second-order valence-corrected chi connectivity index (χ2v) is 5.62. The lowest BCUT2D eigenvalue weighted by Crippen LogP contribution is -2.06. The van der Waals surface area contributed by atoms with E-state index in [1.807, 2.05) is 0 Å².